The highest BCUT2D eigenvalue weighted by Gasteiger charge is 2.16. The molecule has 0 aliphatic rings. The molecule has 96 valence electrons. The van der Waals surface area contributed by atoms with Crippen LogP contribution in [0.15, 0.2) is 30.9 Å². The fraction of sp³-hybridized carbons (Fsp3) is 0.385. The van der Waals surface area contributed by atoms with Gasteiger partial charge in [0.25, 0.3) is 0 Å². The molecule has 0 aliphatic heterocycles. The van der Waals surface area contributed by atoms with Crippen molar-refractivity contribution in [3.63, 3.8) is 0 Å². The highest BCUT2D eigenvalue weighted by molar-refractivity contribution is 5.32. The van der Waals surface area contributed by atoms with Crippen LogP contribution < -0.4 is 4.74 Å². The van der Waals surface area contributed by atoms with Crippen molar-refractivity contribution in [2.75, 3.05) is 7.11 Å². The lowest BCUT2D eigenvalue weighted by Gasteiger charge is -2.14. The van der Waals surface area contributed by atoms with E-state index in [9.17, 15) is 5.11 Å². The SMILES string of the molecule is CCn1ccnc1CC(O)c1ccncc1OC. The fourth-order valence-corrected chi connectivity index (χ4v) is 1.94. The Balaban J connectivity index is 2.19. The largest absolute Gasteiger partial charge is 0.495 e. The number of methoxy groups -OCH3 is 1. The molecule has 2 aromatic heterocycles. The molecule has 0 aliphatic carbocycles. The molecule has 1 unspecified atom stereocenters. The van der Waals surface area contributed by atoms with Gasteiger partial charge in [-0.05, 0) is 13.0 Å². The third-order valence-electron chi connectivity index (χ3n) is 2.91. The second kappa shape index (κ2) is 5.64. The maximum Gasteiger partial charge on any atom is 0.142 e. The van der Waals surface area contributed by atoms with Crippen molar-refractivity contribution in [2.24, 2.45) is 0 Å². The topological polar surface area (TPSA) is 60.2 Å². The first-order chi connectivity index (χ1) is 8.76. The summed E-state index contributed by atoms with van der Waals surface area (Å²) in [6.45, 7) is 2.89. The summed E-state index contributed by atoms with van der Waals surface area (Å²) >= 11 is 0. The minimum atomic E-state index is -0.643. The van der Waals surface area contributed by atoms with Gasteiger partial charge in [-0.25, -0.2) is 4.98 Å². The number of pyridine rings is 1. The summed E-state index contributed by atoms with van der Waals surface area (Å²) in [6.07, 6.45) is 6.72. The second-order valence-electron chi connectivity index (χ2n) is 3.97. The summed E-state index contributed by atoms with van der Waals surface area (Å²) in [4.78, 5) is 8.23. The highest BCUT2D eigenvalue weighted by Crippen LogP contribution is 2.25. The van der Waals surface area contributed by atoms with E-state index < -0.39 is 6.10 Å². The first kappa shape index (κ1) is 12.6. The molecule has 1 N–H and O–H groups in total. The van der Waals surface area contributed by atoms with Crippen LogP contribution >= 0.6 is 0 Å². The zero-order valence-corrected chi connectivity index (χ0v) is 10.6. The van der Waals surface area contributed by atoms with Crippen molar-refractivity contribution in [3.05, 3.63) is 42.2 Å². The molecule has 5 heteroatoms. The molecule has 0 spiro atoms. The van der Waals surface area contributed by atoms with Crippen molar-refractivity contribution in [3.8, 4) is 5.75 Å². The summed E-state index contributed by atoms with van der Waals surface area (Å²) in [5.74, 6) is 1.46. The molecule has 0 fully saturated rings. The van der Waals surface area contributed by atoms with Crippen LogP contribution in [0.1, 0.15) is 24.4 Å². The summed E-state index contributed by atoms with van der Waals surface area (Å²) in [5.41, 5.74) is 0.734. The number of aliphatic hydroxyl groups is 1. The van der Waals surface area contributed by atoms with Gasteiger partial charge in [0, 0.05) is 37.1 Å². The van der Waals surface area contributed by atoms with E-state index in [0.29, 0.717) is 12.2 Å². The van der Waals surface area contributed by atoms with Gasteiger partial charge in [-0.1, -0.05) is 0 Å². The van der Waals surface area contributed by atoms with E-state index in [4.69, 9.17) is 4.74 Å². The number of aromatic nitrogens is 3. The van der Waals surface area contributed by atoms with Crippen molar-refractivity contribution in [1.82, 2.24) is 14.5 Å². The summed E-state index contributed by atoms with van der Waals surface area (Å²) < 4.78 is 7.20. The molecule has 18 heavy (non-hydrogen) atoms. The van der Waals surface area contributed by atoms with Gasteiger partial charge in [0.1, 0.15) is 11.6 Å². The molecular formula is C13H17N3O2. The predicted molar refractivity (Wildman–Crippen MR) is 67.4 cm³/mol. The van der Waals surface area contributed by atoms with E-state index in [1.54, 1.807) is 31.8 Å². The normalized spacial score (nSPS) is 12.4. The highest BCUT2D eigenvalue weighted by atomic mass is 16.5. The van der Waals surface area contributed by atoms with Gasteiger partial charge in [-0.15, -0.1) is 0 Å². The maximum atomic E-state index is 10.3. The molecule has 1 atom stereocenters. The van der Waals surface area contributed by atoms with Crippen molar-refractivity contribution in [2.45, 2.75) is 26.0 Å². The molecule has 0 aromatic carbocycles. The number of aryl methyl sites for hydroxylation is 1. The van der Waals surface area contributed by atoms with Crippen LogP contribution in [-0.4, -0.2) is 26.8 Å². The smallest absolute Gasteiger partial charge is 0.142 e. The number of ether oxygens (including phenoxy) is 1. The lowest BCUT2D eigenvalue weighted by atomic mass is 10.1. The van der Waals surface area contributed by atoms with Crippen LogP contribution in [0.3, 0.4) is 0 Å². The average molecular weight is 247 g/mol. The standard InChI is InChI=1S/C13H17N3O2/c1-3-16-7-6-15-13(16)8-11(17)10-4-5-14-9-12(10)18-2/h4-7,9,11,17H,3,8H2,1-2H3. The molecule has 2 aromatic rings. The third-order valence-corrected chi connectivity index (χ3v) is 2.91. The summed E-state index contributed by atoms with van der Waals surface area (Å²) in [6, 6.07) is 1.77. The van der Waals surface area contributed by atoms with Crippen LogP contribution in [0.5, 0.6) is 5.75 Å². The predicted octanol–water partition coefficient (Wildman–Crippen LogP) is 1.58. The minimum absolute atomic E-state index is 0.460. The van der Waals surface area contributed by atoms with E-state index in [-0.39, 0.29) is 0 Å². The zero-order chi connectivity index (χ0) is 13.0. The molecule has 0 radical (unpaired) electrons. The van der Waals surface area contributed by atoms with Crippen molar-refractivity contribution < 1.29 is 9.84 Å². The van der Waals surface area contributed by atoms with Crippen LogP contribution in [0.2, 0.25) is 0 Å². The quantitative estimate of drug-likeness (QED) is 0.871. The molecular weight excluding hydrogens is 230 g/mol. The Labute approximate surface area is 106 Å². The van der Waals surface area contributed by atoms with Gasteiger partial charge in [0.15, 0.2) is 0 Å². The monoisotopic (exact) mass is 247 g/mol. The van der Waals surface area contributed by atoms with Crippen LogP contribution in [0, 0.1) is 0 Å². The molecule has 5 nitrogen and oxygen atoms in total. The molecule has 0 saturated carbocycles. The number of nitrogens with zero attached hydrogens (tertiary/aromatic N) is 3. The summed E-state index contributed by atoms with van der Waals surface area (Å²) in [7, 11) is 1.57. The minimum Gasteiger partial charge on any atom is -0.495 e. The van der Waals surface area contributed by atoms with Crippen molar-refractivity contribution in [1.29, 1.82) is 0 Å². The van der Waals surface area contributed by atoms with Gasteiger partial charge in [-0.2, -0.15) is 0 Å². The number of aliphatic hydroxyl groups excluding tert-OH is 1. The first-order valence-electron chi connectivity index (χ1n) is 5.92. The van der Waals surface area contributed by atoms with Crippen LogP contribution in [0.25, 0.3) is 0 Å². The van der Waals surface area contributed by atoms with E-state index in [1.807, 2.05) is 17.7 Å². The lowest BCUT2D eigenvalue weighted by Crippen LogP contribution is -2.09. The van der Waals surface area contributed by atoms with E-state index in [1.165, 1.54) is 0 Å². The molecule has 0 bridgehead atoms. The van der Waals surface area contributed by atoms with Crippen LogP contribution in [-0.2, 0) is 13.0 Å². The van der Waals surface area contributed by atoms with Gasteiger partial charge < -0.3 is 14.4 Å². The number of hydrogen-bond donors (Lipinski definition) is 1. The maximum absolute atomic E-state index is 10.3. The number of hydrogen-bond acceptors (Lipinski definition) is 4. The van der Waals surface area contributed by atoms with Crippen molar-refractivity contribution >= 4 is 0 Å². The lowest BCUT2D eigenvalue weighted by molar-refractivity contribution is 0.170. The van der Waals surface area contributed by atoms with E-state index in [2.05, 4.69) is 9.97 Å². The Bertz CT molecular complexity index is 510. The number of rotatable bonds is 5. The van der Waals surface area contributed by atoms with E-state index >= 15 is 0 Å². The Morgan fingerprint density at radius 2 is 2.28 bits per heavy atom. The van der Waals surface area contributed by atoms with Gasteiger partial charge >= 0.3 is 0 Å². The molecule has 0 saturated heterocycles. The number of imidazole rings is 1. The van der Waals surface area contributed by atoms with Gasteiger partial charge in [0.05, 0.1) is 19.4 Å². The Hall–Kier alpha value is -1.88. The molecule has 2 heterocycles. The van der Waals surface area contributed by atoms with Gasteiger partial charge in [0.2, 0.25) is 0 Å². The van der Waals surface area contributed by atoms with Gasteiger partial charge in [-0.3, -0.25) is 4.98 Å². The fourth-order valence-electron chi connectivity index (χ4n) is 1.94. The Morgan fingerprint density at radius 3 is 3.00 bits per heavy atom. The average Bonchev–Trinajstić information content (AvgIpc) is 2.85. The second-order valence-corrected chi connectivity index (χ2v) is 3.97. The Morgan fingerprint density at radius 1 is 1.44 bits per heavy atom. The zero-order valence-electron chi connectivity index (χ0n) is 10.6. The molecule has 0 amide bonds. The summed E-state index contributed by atoms with van der Waals surface area (Å²) in [5, 5.41) is 10.3. The first-order valence-corrected chi connectivity index (χ1v) is 5.92. The van der Waals surface area contributed by atoms with Crippen LogP contribution in [0.4, 0.5) is 0 Å². The third kappa shape index (κ3) is 2.51. The molecule has 2 rings (SSSR count). The Kier molecular flexibility index (Phi) is 3.94. The van der Waals surface area contributed by atoms with E-state index in [0.717, 1.165) is 17.9 Å².